The van der Waals surface area contributed by atoms with E-state index in [0.29, 0.717) is 0 Å². The van der Waals surface area contributed by atoms with Crippen LogP contribution in [0.3, 0.4) is 0 Å². The van der Waals surface area contributed by atoms with Crippen LogP contribution in [0.4, 0.5) is 0 Å². The summed E-state index contributed by atoms with van der Waals surface area (Å²) in [6.45, 7) is 5.82. The van der Waals surface area contributed by atoms with Gasteiger partial charge in [0.1, 0.15) is 0 Å². The van der Waals surface area contributed by atoms with Crippen molar-refractivity contribution in [1.82, 2.24) is 5.32 Å². The van der Waals surface area contributed by atoms with Gasteiger partial charge in [-0.15, -0.1) is 0 Å². The zero-order chi connectivity index (χ0) is 15.4. The van der Waals surface area contributed by atoms with E-state index in [1.807, 2.05) is 0 Å². The predicted molar refractivity (Wildman–Crippen MR) is 88.9 cm³/mol. The van der Waals surface area contributed by atoms with Crippen molar-refractivity contribution in [3.05, 3.63) is 35.9 Å². The zero-order valence-electron chi connectivity index (χ0n) is 13.9. The molecule has 1 rings (SSSR count). The minimum absolute atomic E-state index is 0.211. The maximum absolute atomic E-state index is 5.18. The van der Waals surface area contributed by atoms with E-state index in [1.54, 1.807) is 14.2 Å². The molecule has 1 unspecified atom stereocenters. The highest BCUT2D eigenvalue weighted by Gasteiger charge is 2.29. The monoisotopic (exact) mass is 293 g/mol. The Balaban J connectivity index is 2.70. The Kier molecular flexibility index (Phi) is 9.31. The summed E-state index contributed by atoms with van der Waals surface area (Å²) in [5.41, 5.74) is 1.65. The fourth-order valence-electron chi connectivity index (χ4n) is 2.84. The van der Waals surface area contributed by atoms with Crippen LogP contribution >= 0.6 is 0 Å². The fraction of sp³-hybridized carbons (Fsp3) is 0.667. The van der Waals surface area contributed by atoms with Crippen LogP contribution in [0.2, 0.25) is 0 Å². The molecule has 0 heterocycles. The lowest BCUT2D eigenvalue weighted by Gasteiger charge is -2.34. The summed E-state index contributed by atoms with van der Waals surface area (Å²) in [6.07, 6.45) is 4.66. The van der Waals surface area contributed by atoms with Crippen LogP contribution in [0.25, 0.3) is 0 Å². The fourth-order valence-corrected chi connectivity index (χ4v) is 2.84. The molecule has 0 aliphatic rings. The van der Waals surface area contributed by atoms with E-state index in [-0.39, 0.29) is 5.41 Å². The predicted octanol–water partition coefficient (Wildman–Crippen LogP) is 3.39. The summed E-state index contributed by atoms with van der Waals surface area (Å²) in [4.78, 5) is 0. The van der Waals surface area contributed by atoms with E-state index in [4.69, 9.17) is 9.47 Å². The van der Waals surface area contributed by atoms with Gasteiger partial charge in [0.25, 0.3) is 0 Å². The van der Waals surface area contributed by atoms with E-state index in [1.165, 1.54) is 18.4 Å². The van der Waals surface area contributed by atoms with Gasteiger partial charge in [-0.05, 0) is 24.8 Å². The molecule has 0 spiro atoms. The largest absolute Gasteiger partial charge is 0.385 e. The quantitative estimate of drug-likeness (QED) is 0.599. The van der Waals surface area contributed by atoms with Crippen molar-refractivity contribution in [3.63, 3.8) is 0 Å². The van der Waals surface area contributed by atoms with Gasteiger partial charge in [-0.1, -0.05) is 43.7 Å². The number of nitrogens with one attached hydrogen (secondary N) is 1. The molecule has 0 radical (unpaired) electrons. The third kappa shape index (κ3) is 6.16. The number of rotatable bonds is 12. The molecule has 0 fully saturated rings. The molecule has 1 atom stereocenters. The minimum atomic E-state index is 0.211. The standard InChI is InChI=1S/C18H31NO2/c1-4-18(12-8-9-14-20-2,16-19-13-15-21-3)17-10-6-5-7-11-17/h5-7,10-11,19H,4,8-9,12-16H2,1-3H3. The maximum atomic E-state index is 5.18. The Hall–Kier alpha value is -0.900. The van der Waals surface area contributed by atoms with Gasteiger partial charge >= 0.3 is 0 Å². The molecule has 1 N–H and O–H groups in total. The molecule has 0 aromatic heterocycles. The number of benzene rings is 1. The summed E-state index contributed by atoms with van der Waals surface area (Å²) in [5, 5.41) is 3.56. The van der Waals surface area contributed by atoms with Gasteiger partial charge in [-0.2, -0.15) is 0 Å². The molecule has 0 aliphatic heterocycles. The van der Waals surface area contributed by atoms with E-state index in [0.717, 1.165) is 39.1 Å². The second kappa shape index (κ2) is 10.8. The molecular formula is C18H31NO2. The smallest absolute Gasteiger partial charge is 0.0587 e. The summed E-state index contributed by atoms with van der Waals surface area (Å²) < 4.78 is 10.3. The second-order valence-electron chi connectivity index (χ2n) is 5.62. The average Bonchev–Trinajstić information content (AvgIpc) is 2.54. The molecule has 3 nitrogen and oxygen atoms in total. The molecule has 3 heteroatoms. The molecule has 120 valence electrons. The van der Waals surface area contributed by atoms with Crippen molar-refractivity contribution in [1.29, 1.82) is 0 Å². The summed E-state index contributed by atoms with van der Waals surface area (Å²) in [6, 6.07) is 10.9. The summed E-state index contributed by atoms with van der Waals surface area (Å²) in [7, 11) is 3.52. The van der Waals surface area contributed by atoms with E-state index >= 15 is 0 Å². The lowest BCUT2D eigenvalue weighted by atomic mass is 9.74. The normalized spacial score (nSPS) is 14.0. The van der Waals surface area contributed by atoms with Crippen molar-refractivity contribution in [2.75, 3.05) is 40.5 Å². The van der Waals surface area contributed by atoms with Crippen LogP contribution in [0, 0.1) is 0 Å². The van der Waals surface area contributed by atoms with Crippen LogP contribution < -0.4 is 5.32 Å². The lowest BCUT2D eigenvalue weighted by molar-refractivity contribution is 0.184. The van der Waals surface area contributed by atoms with E-state index < -0.39 is 0 Å². The highest BCUT2D eigenvalue weighted by molar-refractivity contribution is 5.25. The summed E-state index contributed by atoms with van der Waals surface area (Å²) >= 11 is 0. The Bertz CT molecular complexity index is 341. The van der Waals surface area contributed by atoms with E-state index in [9.17, 15) is 0 Å². The van der Waals surface area contributed by atoms with Gasteiger partial charge in [0, 0.05) is 39.3 Å². The van der Waals surface area contributed by atoms with E-state index in [2.05, 4.69) is 42.6 Å². The Morgan fingerprint density at radius 1 is 1.00 bits per heavy atom. The van der Waals surface area contributed by atoms with Gasteiger partial charge in [0.2, 0.25) is 0 Å². The number of hydrogen-bond donors (Lipinski definition) is 1. The molecule has 21 heavy (non-hydrogen) atoms. The highest BCUT2D eigenvalue weighted by Crippen LogP contribution is 2.33. The lowest BCUT2D eigenvalue weighted by Crippen LogP contribution is -2.39. The van der Waals surface area contributed by atoms with Gasteiger partial charge < -0.3 is 14.8 Å². The average molecular weight is 293 g/mol. The number of unbranched alkanes of at least 4 members (excludes halogenated alkanes) is 1. The first-order valence-corrected chi connectivity index (χ1v) is 8.03. The van der Waals surface area contributed by atoms with Gasteiger partial charge in [0.05, 0.1) is 6.61 Å². The zero-order valence-corrected chi connectivity index (χ0v) is 13.9. The molecule has 0 bridgehead atoms. The first kappa shape index (κ1) is 18.1. The molecule has 1 aromatic rings. The molecule has 0 saturated carbocycles. The van der Waals surface area contributed by atoms with Crippen LogP contribution in [0.1, 0.15) is 38.2 Å². The third-order valence-corrected chi connectivity index (χ3v) is 4.26. The first-order valence-electron chi connectivity index (χ1n) is 8.03. The van der Waals surface area contributed by atoms with Crippen LogP contribution in [-0.2, 0) is 14.9 Å². The van der Waals surface area contributed by atoms with Crippen LogP contribution in [0.15, 0.2) is 30.3 Å². The van der Waals surface area contributed by atoms with Crippen LogP contribution in [-0.4, -0.2) is 40.5 Å². The third-order valence-electron chi connectivity index (χ3n) is 4.26. The topological polar surface area (TPSA) is 30.5 Å². The number of methoxy groups -OCH3 is 2. The Labute approximate surface area is 130 Å². The van der Waals surface area contributed by atoms with Crippen molar-refractivity contribution >= 4 is 0 Å². The minimum Gasteiger partial charge on any atom is -0.385 e. The van der Waals surface area contributed by atoms with Crippen LogP contribution in [0.5, 0.6) is 0 Å². The van der Waals surface area contributed by atoms with Crippen molar-refractivity contribution < 1.29 is 9.47 Å². The molecule has 0 amide bonds. The Morgan fingerprint density at radius 3 is 2.33 bits per heavy atom. The number of ether oxygens (including phenoxy) is 2. The molecule has 0 aliphatic carbocycles. The summed E-state index contributed by atoms with van der Waals surface area (Å²) in [5.74, 6) is 0. The van der Waals surface area contributed by atoms with Gasteiger partial charge in [-0.3, -0.25) is 0 Å². The first-order chi connectivity index (χ1) is 10.3. The van der Waals surface area contributed by atoms with Gasteiger partial charge in [0.15, 0.2) is 0 Å². The van der Waals surface area contributed by atoms with Gasteiger partial charge in [-0.25, -0.2) is 0 Å². The molecule has 1 aromatic carbocycles. The second-order valence-corrected chi connectivity index (χ2v) is 5.62. The maximum Gasteiger partial charge on any atom is 0.0587 e. The number of hydrogen-bond acceptors (Lipinski definition) is 3. The van der Waals surface area contributed by atoms with Crippen molar-refractivity contribution in [3.8, 4) is 0 Å². The SMILES string of the molecule is CCC(CCCCOC)(CNCCOC)c1ccccc1. The molecule has 0 saturated heterocycles. The van der Waals surface area contributed by atoms with Crippen molar-refractivity contribution in [2.45, 2.75) is 38.0 Å². The highest BCUT2D eigenvalue weighted by atomic mass is 16.5. The Morgan fingerprint density at radius 2 is 1.71 bits per heavy atom. The molecular weight excluding hydrogens is 262 g/mol. The van der Waals surface area contributed by atoms with Crippen molar-refractivity contribution in [2.24, 2.45) is 0 Å².